The normalized spacial score (nSPS) is 23.3. The Morgan fingerprint density at radius 2 is 1.83 bits per heavy atom. The maximum absolute atomic E-state index is 14.2. The Morgan fingerprint density at radius 3 is 2.29 bits per heavy atom. The lowest BCUT2D eigenvalue weighted by atomic mass is 10.0. The molecule has 9 heteroatoms. The summed E-state index contributed by atoms with van der Waals surface area (Å²) < 4.78 is 81.4. The van der Waals surface area contributed by atoms with Gasteiger partial charge in [-0.05, 0) is 39.3 Å². The molecule has 0 aromatic heterocycles. The second kappa shape index (κ2) is 6.37. The van der Waals surface area contributed by atoms with Gasteiger partial charge in [0.1, 0.15) is 21.8 Å². The van der Waals surface area contributed by atoms with Crippen LogP contribution < -0.4 is 0 Å². The average Bonchev–Trinajstić information content (AvgIpc) is 3.22. The molecule has 0 spiro atoms. The highest BCUT2D eigenvalue weighted by Gasteiger charge is 2.58. The molecule has 0 N–H and O–H groups in total. The Morgan fingerprint density at radius 1 is 1.25 bits per heavy atom. The second-order valence-corrected chi connectivity index (χ2v) is 8.83. The standard InChI is InChI=1S/C15H15ClF5NOS/c1-14(2,3)24(23)22-13(8-6-9(8)15(19,20)21)7-4-5-10(17)11(16)12(7)18/h4-5,8-9H,6H2,1-3H3/b22-13+/t8-,9-,24-/m1/s1. The third-order valence-corrected chi connectivity index (χ3v) is 5.34. The molecule has 0 saturated heterocycles. The second-order valence-electron chi connectivity index (χ2n) is 6.55. The van der Waals surface area contributed by atoms with Crippen LogP contribution in [0.15, 0.2) is 16.5 Å². The van der Waals surface area contributed by atoms with Gasteiger partial charge in [-0.2, -0.15) is 17.6 Å². The zero-order chi connectivity index (χ0) is 18.4. The summed E-state index contributed by atoms with van der Waals surface area (Å²) in [6.07, 6.45) is -4.74. The molecule has 0 heterocycles. The minimum absolute atomic E-state index is 0.280. The Hall–Kier alpha value is -1.02. The molecule has 1 aliphatic rings. The van der Waals surface area contributed by atoms with Crippen LogP contribution in [0.2, 0.25) is 5.02 Å². The molecule has 24 heavy (non-hydrogen) atoms. The Labute approximate surface area is 143 Å². The number of hydrogen-bond donors (Lipinski definition) is 0. The summed E-state index contributed by atoms with van der Waals surface area (Å²) in [5.74, 6) is -5.03. The predicted octanol–water partition coefficient (Wildman–Crippen LogP) is 5.07. The highest BCUT2D eigenvalue weighted by atomic mass is 35.5. The molecule has 0 bridgehead atoms. The molecule has 0 radical (unpaired) electrons. The summed E-state index contributed by atoms with van der Waals surface area (Å²) in [5.41, 5.74) is -0.638. The Bertz CT molecular complexity index is 711. The van der Waals surface area contributed by atoms with Crippen molar-refractivity contribution in [3.63, 3.8) is 0 Å². The van der Waals surface area contributed by atoms with Crippen molar-refractivity contribution in [2.75, 3.05) is 0 Å². The van der Waals surface area contributed by atoms with E-state index < -0.39 is 50.4 Å². The van der Waals surface area contributed by atoms with Crippen molar-refractivity contribution >= 4 is 28.3 Å². The third kappa shape index (κ3) is 3.96. The van der Waals surface area contributed by atoms with Crippen LogP contribution in [0, 0.1) is 23.5 Å². The molecule has 1 aromatic rings. The molecule has 2 nitrogen and oxygen atoms in total. The van der Waals surface area contributed by atoms with E-state index in [4.69, 9.17) is 11.6 Å². The summed E-state index contributed by atoms with van der Waals surface area (Å²) >= 11 is 5.50. The van der Waals surface area contributed by atoms with Gasteiger partial charge in [-0.15, -0.1) is 0 Å². The zero-order valence-electron chi connectivity index (χ0n) is 13.0. The van der Waals surface area contributed by atoms with Crippen molar-refractivity contribution in [2.45, 2.75) is 38.1 Å². The molecule has 0 aliphatic heterocycles. The van der Waals surface area contributed by atoms with Crippen molar-refractivity contribution in [3.05, 3.63) is 34.4 Å². The first-order valence-electron chi connectivity index (χ1n) is 7.05. The van der Waals surface area contributed by atoms with Crippen LogP contribution in [-0.4, -0.2) is 20.8 Å². The number of nitrogens with zero attached hydrogens (tertiary/aromatic N) is 1. The fraction of sp³-hybridized carbons (Fsp3) is 0.533. The topological polar surface area (TPSA) is 29.4 Å². The van der Waals surface area contributed by atoms with Gasteiger partial charge in [0.2, 0.25) is 0 Å². The highest BCUT2D eigenvalue weighted by molar-refractivity contribution is 7.85. The van der Waals surface area contributed by atoms with E-state index in [0.29, 0.717) is 0 Å². The molecule has 0 unspecified atom stereocenters. The van der Waals surface area contributed by atoms with Gasteiger partial charge >= 0.3 is 6.18 Å². The molecule has 3 atom stereocenters. The molecule has 134 valence electrons. The quantitative estimate of drug-likeness (QED) is 0.404. The average molecular weight is 388 g/mol. The van der Waals surface area contributed by atoms with Gasteiger partial charge in [-0.25, -0.2) is 13.0 Å². The zero-order valence-corrected chi connectivity index (χ0v) is 14.6. The van der Waals surface area contributed by atoms with Crippen molar-refractivity contribution in [1.82, 2.24) is 0 Å². The number of halogens is 6. The number of benzene rings is 1. The first-order chi connectivity index (χ1) is 10.8. The highest BCUT2D eigenvalue weighted by Crippen LogP contribution is 2.52. The van der Waals surface area contributed by atoms with Gasteiger partial charge in [-0.3, -0.25) is 0 Å². The van der Waals surface area contributed by atoms with E-state index in [1.54, 1.807) is 20.8 Å². The summed E-state index contributed by atoms with van der Waals surface area (Å²) in [6, 6.07) is 1.82. The molecule has 1 fully saturated rings. The van der Waals surface area contributed by atoms with Gasteiger partial charge in [0.15, 0.2) is 5.82 Å². The molecule has 1 aromatic carbocycles. The van der Waals surface area contributed by atoms with Gasteiger partial charge in [-0.1, -0.05) is 11.6 Å². The molecule has 1 aliphatic carbocycles. The van der Waals surface area contributed by atoms with Crippen LogP contribution in [0.3, 0.4) is 0 Å². The lowest BCUT2D eigenvalue weighted by Crippen LogP contribution is -2.23. The first kappa shape index (κ1) is 19.3. The summed E-state index contributed by atoms with van der Waals surface area (Å²) in [7, 11) is -1.89. The molecule has 1 saturated carbocycles. The van der Waals surface area contributed by atoms with E-state index in [-0.39, 0.29) is 17.7 Å². The summed E-state index contributed by atoms with van der Waals surface area (Å²) in [5, 5.41) is -0.828. The van der Waals surface area contributed by atoms with Crippen LogP contribution >= 0.6 is 11.6 Å². The van der Waals surface area contributed by atoms with Gasteiger partial charge in [0.05, 0.1) is 16.4 Å². The van der Waals surface area contributed by atoms with E-state index in [1.165, 1.54) is 0 Å². The summed E-state index contributed by atoms with van der Waals surface area (Å²) in [6.45, 7) is 4.77. The molecular weight excluding hydrogens is 373 g/mol. The van der Waals surface area contributed by atoms with Gasteiger partial charge in [0, 0.05) is 11.5 Å². The molecule has 2 rings (SSSR count). The van der Waals surface area contributed by atoms with E-state index in [0.717, 1.165) is 12.1 Å². The van der Waals surface area contributed by atoms with E-state index in [9.17, 15) is 26.2 Å². The summed E-state index contributed by atoms with van der Waals surface area (Å²) in [4.78, 5) is 0. The van der Waals surface area contributed by atoms with Crippen molar-refractivity contribution in [2.24, 2.45) is 16.2 Å². The van der Waals surface area contributed by atoms with E-state index in [1.807, 2.05) is 0 Å². The van der Waals surface area contributed by atoms with Crippen LogP contribution in [0.1, 0.15) is 32.8 Å². The van der Waals surface area contributed by atoms with Crippen LogP contribution in [0.5, 0.6) is 0 Å². The van der Waals surface area contributed by atoms with Crippen LogP contribution in [0.4, 0.5) is 22.0 Å². The minimum atomic E-state index is -4.46. The van der Waals surface area contributed by atoms with Crippen molar-refractivity contribution in [1.29, 1.82) is 0 Å². The smallest absolute Gasteiger partial charge is 0.234 e. The fourth-order valence-corrected chi connectivity index (χ4v) is 2.98. The Balaban J connectivity index is 2.52. The van der Waals surface area contributed by atoms with Crippen molar-refractivity contribution < 1.29 is 26.2 Å². The number of hydrogen-bond acceptors (Lipinski definition) is 1. The largest absolute Gasteiger partial charge is 0.392 e. The SMILES string of the molecule is CC(C)(C)[S@@](=O)/N=C(\c1ccc(F)c(Cl)c1F)[C@@H]1C[C@H]1C(F)(F)F. The lowest BCUT2D eigenvalue weighted by Gasteiger charge is -2.16. The van der Waals surface area contributed by atoms with E-state index >= 15 is 0 Å². The minimum Gasteiger partial charge on any atom is -0.234 e. The number of rotatable bonds is 3. The first-order valence-corrected chi connectivity index (χ1v) is 8.53. The Kier molecular flexibility index (Phi) is 5.12. The fourth-order valence-electron chi connectivity index (χ4n) is 2.13. The van der Waals surface area contributed by atoms with Crippen LogP contribution in [-0.2, 0) is 11.0 Å². The maximum atomic E-state index is 14.2. The maximum Gasteiger partial charge on any atom is 0.392 e. The van der Waals surface area contributed by atoms with Crippen molar-refractivity contribution in [3.8, 4) is 0 Å². The number of alkyl halides is 3. The lowest BCUT2D eigenvalue weighted by molar-refractivity contribution is -0.149. The monoisotopic (exact) mass is 387 g/mol. The molecular formula is C15H15ClF5NOS. The van der Waals surface area contributed by atoms with Gasteiger partial charge < -0.3 is 0 Å². The predicted molar refractivity (Wildman–Crippen MR) is 83.5 cm³/mol. The third-order valence-electron chi connectivity index (χ3n) is 3.58. The molecule has 0 amide bonds. The van der Waals surface area contributed by atoms with E-state index in [2.05, 4.69) is 4.40 Å². The van der Waals surface area contributed by atoms with Gasteiger partial charge in [0.25, 0.3) is 0 Å². The van der Waals surface area contributed by atoms with Crippen LogP contribution in [0.25, 0.3) is 0 Å².